The number of carbonyl (C=O) groups is 2. The molecule has 0 saturated heterocycles. The van der Waals surface area contributed by atoms with Crippen molar-refractivity contribution in [2.45, 2.75) is 197 Å². The Morgan fingerprint density at radius 1 is 0.571 bits per heavy atom. The Morgan fingerprint density at radius 2 is 0.986 bits per heavy atom. The Hall–Kier alpha value is -5.70. The summed E-state index contributed by atoms with van der Waals surface area (Å²) in [6.45, 7) is 46.8. The third-order valence-corrected chi connectivity index (χ3v) is 19.1. The van der Waals surface area contributed by atoms with Crippen LogP contribution in [0.15, 0.2) is 9.59 Å². The van der Waals surface area contributed by atoms with Crippen LogP contribution in [0.1, 0.15) is 177 Å². The Morgan fingerprint density at radius 3 is 1.41 bits per heavy atom. The quantitative estimate of drug-likeness (QED) is 0.161. The van der Waals surface area contributed by atoms with Gasteiger partial charge in [0.2, 0.25) is 0 Å². The standard InChI is InChI=1S/C31H40N2O2.C29H34N2O3.CH4/c1-13-22-25(31(11,12)30(9,10)21(8)34)20(7)28-27-23(14-33(28)29(22)35)19(6)24-17(4)15(2)16(3)18(5)26(24)32-27;1-13-14(2)16(4)23-21(15(13)3)17(5)19-11-31-25(24(19)30-23)18(6)22-20(26(31)32)12-34-27(33)29(9,10)28(22,7)8;/h13-14H2,1-12H3;11-12H2,1-10H3;1H4. The van der Waals surface area contributed by atoms with E-state index in [-0.39, 0.29) is 36.9 Å². The number of pyridine rings is 4. The lowest BCUT2D eigenvalue weighted by atomic mass is 9.60. The lowest BCUT2D eigenvalue weighted by Crippen LogP contribution is -2.44. The minimum Gasteiger partial charge on any atom is -0.460 e. The van der Waals surface area contributed by atoms with E-state index in [2.05, 4.69) is 111 Å². The first kappa shape index (κ1) is 52.1. The predicted octanol–water partition coefficient (Wildman–Crippen LogP) is 13.0. The zero-order chi connectivity index (χ0) is 51.4. The van der Waals surface area contributed by atoms with Crippen LogP contribution in [0.4, 0.5) is 0 Å². The van der Waals surface area contributed by atoms with E-state index < -0.39 is 21.7 Å². The molecule has 9 heteroatoms. The molecule has 0 amide bonds. The van der Waals surface area contributed by atoms with Gasteiger partial charge in [-0.25, -0.2) is 9.97 Å². The number of nitrogens with zero attached hydrogens (tertiary/aromatic N) is 4. The molecule has 0 unspecified atom stereocenters. The number of cyclic esters (lactones) is 1. The predicted molar refractivity (Wildman–Crippen MR) is 288 cm³/mol. The van der Waals surface area contributed by atoms with Crippen LogP contribution in [0, 0.1) is 93.9 Å². The summed E-state index contributed by atoms with van der Waals surface area (Å²) in [4.78, 5) is 64.0. The van der Waals surface area contributed by atoms with Gasteiger partial charge in [0.1, 0.15) is 12.4 Å². The fraction of sp³-hybridized carbons (Fsp3) is 0.508. The van der Waals surface area contributed by atoms with E-state index in [0.717, 1.165) is 72.8 Å². The van der Waals surface area contributed by atoms with Gasteiger partial charge in [0.25, 0.3) is 11.1 Å². The normalized spacial score (nSPS) is 15.3. The SMILES string of the molecule is C.CCc1c(C(C)(C)C(C)(C)C(C)=O)c(C)c2n(c1=O)Cc1c-2nc2c(C)c(C)c(C)c(C)c2c1C.Cc1c(C)c(C)c2c(C)c3c(nc2c1C)-c1c(C)c2c(c(=O)n1C3)COC(=O)C(C)(C)C2(C)C. The maximum absolute atomic E-state index is 14.0. The molecule has 4 aromatic heterocycles. The van der Waals surface area contributed by atoms with Gasteiger partial charge in [0.05, 0.1) is 57.9 Å². The molecule has 372 valence electrons. The Balaban J connectivity index is 0.000000203. The first-order chi connectivity index (χ1) is 31.8. The molecule has 3 aliphatic rings. The van der Waals surface area contributed by atoms with Gasteiger partial charge in [0.15, 0.2) is 0 Å². The highest BCUT2D eigenvalue weighted by atomic mass is 16.5. The lowest BCUT2D eigenvalue weighted by Gasteiger charge is -2.42. The smallest absolute Gasteiger partial charge is 0.312 e. The number of benzene rings is 2. The van der Waals surface area contributed by atoms with Gasteiger partial charge in [-0.05, 0) is 188 Å². The first-order valence-corrected chi connectivity index (χ1v) is 24.9. The number of carbonyl (C=O) groups excluding carboxylic acids is 2. The molecular weight excluding hydrogens is 869 g/mol. The van der Waals surface area contributed by atoms with Crippen molar-refractivity contribution in [3.8, 4) is 22.8 Å². The number of aryl methyl sites for hydroxylation is 6. The van der Waals surface area contributed by atoms with E-state index in [1.54, 1.807) is 6.92 Å². The molecule has 2 aromatic carbocycles. The van der Waals surface area contributed by atoms with E-state index in [4.69, 9.17) is 14.7 Å². The van der Waals surface area contributed by atoms with Crippen LogP contribution < -0.4 is 11.1 Å². The van der Waals surface area contributed by atoms with Crippen molar-refractivity contribution in [1.29, 1.82) is 0 Å². The molecule has 0 radical (unpaired) electrons. The topological polar surface area (TPSA) is 113 Å². The number of Topliss-reactive ketones (excluding diaryl/α,β-unsaturated/α-hetero) is 1. The maximum atomic E-state index is 14.0. The second-order valence-corrected chi connectivity index (χ2v) is 23.0. The number of esters is 1. The zero-order valence-corrected chi connectivity index (χ0v) is 45.7. The summed E-state index contributed by atoms with van der Waals surface area (Å²) in [5.41, 5.74) is 23.4. The number of fused-ring (bicyclic) bond motifs is 9. The summed E-state index contributed by atoms with van der Waals surface area (Å²) in [7, 11) is 0. The third-order valence-electron chi connectivity index (χ3n) is 19.1. The molecule has 0 aliphatic carbocycles. The molecule has 6 aromatic rings. The zero-order valence-electron chi connectivity index (χ0n) is 45.7. The van der Waals surface area contributed by atoms with Crippen molar-refractivity contribution < 1.29 is 14.3 Å². The fourth-order valence-corrected chi connectivity index (χ4v) is 12.4. The van der Waals surface area contributed by atoms with Gasteiger partial charge in [-0.1, -0.05) is 55.9 Å². The van der Waals surface area contributed by atoms with Gasteiger partial charge < -0.3 is 13.9 Å². The van der Waals surface area contributed by atoms with Gasteiger partial charge in [-0.3, -0.25) is 19.2 Å². The van der Waals surface area contributed by atoms with E-state index in [1.807, 2.05) is 43.8 Å². The van der Waals surface area contributed by atoms with Crippen LogP contribution in [-0.4, -0.2) is 30.9 Å². The van der Waals surface area contributed by atoms with Crippen LogP contribution in [0.25, 0.3) is 44.6 Å². The second kappa shape index (κ2) is 16.7. The average Bonchev–Trinajstić information content (AvgIpc) is 3.86. The molecular formula is C61H78N4O5. The van der Waals surface area contributed by atoms with Crippen LogP contribution >= 0.6 is 0 Å². The Bertz CT molecular complexity index is 3480. The van der Waals surface area contributed by atoms with Crippen LogP contribution in [0.3, 0.4) is 0 Å². The summed E-state index contributed by atoms with van der Waals surface area (Å²) in [6.07, 6.45) is 0.633. The number of ketones is 1. The Kier molecular flexibility index (Phi) is 12.4. The van der Waals surface area contributed by atoms with Gasteiger partial charge >= 0.3 is 5.97 Å². The molecule has 0 spiro atoms. The van der Waals surface area contributed by atoms with Crippen molar-refractivity contribution in [3.63, 3.8) is 0 Å². The molecule has 0 N–H and O–H groups in total. The molecule has 7 heterocycles. The van der Waals surface area contributed by atoms with Crippen molar-refractivity contribution in [1.82, 2.24) is 19.1 Å². The molecule has 9 nitrogen and oxygen atoms in total. The minimum atomic E-state index is -0.773. The highest BCUT2D eigenvalue weighted by Crippen LogP contribution is 2.51. The molecule has 70 heavy (non-hydrogen) atoms. The molecule has 0 fully saturated rings. The van der Waals surface area contributed by atoms with Crippen molar-refractivity contribution in [3.05, 3.63) is 121 Å². The summed E-state index contributed by atoms with van der Waals surface area (Å²) in [5, 5.41) is 2.42. The molecule has 0 atom stereocenters. The van der Waals surface area contributed by atoms with Gasteiger partial charge in [0, 0.05) is 43.7 Å². The van der Waals surface area contributed by atoms with Crippen molar-refractivity contribution in [2.75, 3.05) is 0 Å². The average molecular weight is 947 g/mol. The molecule has 0 saturated carbocycles. The highest BCUT2D eigenvalue weighted by molar-refractivity contribution is 5.96. The largest absolute Gasteiger partial charge is 0.460 e. The lowest BCUT2D eigenvalue weighted by molar-refractivity contribution is -0.157. The van der Waals surface area contributed by atoms with Crippen molar-refractivity contribution >= 4 is 33.6 Å². The molecule has 9 rings (SSSR count). The van der Waals surface area contributed by atoms with E-state index in [1.165, 1.54) is 66.4 Å². The fourth-order valence-electron chi connectivity index (χ4n) is 12.4. The highest BCUT2D eigenvalue weighted by Gasteiger charge is 2.51. The van der Waals surface area contributed by atoms with E-state index in [0.29, 0.717) is 25.1 Å². The number of hydrogen-bond donors (Lipinski definition) is 0. The minimum absolute atomic E-state index is 0. The molecule has 0 bridgehead atoms. The van der Waals surface area contributed by atoms with Gasteiger partial charge in [-0.15, -0.1) is 0 Å². The number of hydrogen-bond acceptors (Lipinski definition) is 7. The van der Waals surface area contributed by atoms with Gasteiger partial charge in [-0.2, -0.15) is 0 Å². The number of aromatic nitrogens is 4. The second-order valence-electron chi connectivity index (χ2n) is 23.0. The van der Waals surface area contributed by atoms with Crippen molar-refractivity contribution in [2.24, 2.45) is 10.8 Å². The molecule has 3 aliphatic heterocycles. The Labute approximate surface area is 416 Å². The summed E-state index contributed by atoms with van der Waals surface area (Å²) < 4.78 is 9.41. The van der Waals surface area contributed by atoms with E-state index in [9.17, 15) is 19.2 Å². The first-order valence-electron chi connectivity index (χ1n) is 24.9. The number of rotatable bonds is 4. The number of ether oxygens (including phenoxy) is 1. The monoisotopic (exact) mass is 947 g/mol. The summed E-state index contributed by atoms with van der Waals surface area (Å²) >= 11 is 0. The summed E-state index contributed by atoms with van der Waals surface area (Å²) in [6, 6.07) is 0. The van der Waals surface area contributed by atoms with Crippen LogP contribution in [-0.2, 0) is 51.3 Å². The van der Waals surface area contributed by atoms with E-state index >= 15 is 0 Å². The summed E-state index contributed by atoms with van der Waals surface area (Å²) in [5.74, 6) is -0.142. The van der Waals surface area contributed by atoms with Crippen LogP contribution in [0.2, 0.25) is 0 Å². The maximum Gasteiger partial charge on any atom is 0.312 e. The third kappa shape index (κ3) is 6.67. The van der Waals surface area contributed by atoms with Crippen LogP contribution in [0.5, 0.6) is 0 Å².